The topological polar surface area (TPSA) is 86.3 Å². The van der Waals surface area contributed by atoms with Crippen LogP contribution in [0.15, 0.2) is 23.4 Å². The van der Waals surface area contributed by atoms with Crippen molar-refractivity contribution in [3.8, 4) is 17.2 Å². The molecule has 2 rings (SSSR count). The summed E-state index contributed by atoms with van der Waals surface area (Å²) in [5.74, 6) is 0.678. The fourth-order valence-electron chi connectivity index (χ4n) is 2.79. The highest BCUT2D eigenvalue weighted by atomic mass is 16.5. The van der Waals surface area contributed by atoms with Gasteiger partial charge in [-0.15, -0.1) is 0 Å². The minimum Gasteiger partial charge on any atom is -0.493 e. The second-order valence-corrected chi connectivity index (χ2v) is 5.36. The zero-order valence-electron chi connectivity index (χ0n) is 15.1. The van der Waals surface area contributed by atoms with E-state index in [1.165, 1.54) is 33.3 Å². The summed E-state index contributed by atoms with van der Waals surface area (Å²) in [5, 5.41) is 2.79. The number of hydrogen-bond donors (Lipinski definition) is 1. The third-order valence-corrected chi connectivity index (χ3v) is 4.20. The zero-order chi connectivity index (χ0) is 18.7. The summed E-state index contributed by atoms with van der Waals surface area (Å²) in [4.78, 5) is 25.9. The Balaban J connectivity index is 2.70. The van der Waals surface area contributed by atoms with Crippen LogP contribution in [0.5, 0.6) is 17.2 Å². The Labute approximate surface area is 146 Å². The van der Waals surface area contributed by atoms with Crippen LogP contribution in [-0.2, 0) is 9.53 Å². The quantitative estimate of drug-likeness (QED) is 0.816. The fraction of sp³-hybridized carbons (Fsp3) is 0.412. The van der Waals surface area contributed by atoms with Gasteiger partial charge < -0.3 is 29.2 Å². The molecule has 0 saturated carbocycles. The van der Waals surface area contributed by atoms with Gasteiger partial charge in [-0.1, -0.05) is 0 Å². The van der Waals surface area contributed by atoms with Gasteiger partial charge in [0.1, 0.15) is 0 Å². The Hall–Kier alpha value is -2.90. The number of carbonyl (C=O) groups excluding carboxylic acids is 2. The molecule has 0 saturated heterocycles. The number of urea groups is 1. The maximum atomic E-state index is 12.3. The third kappa shape index (κ3) is 3.07. The van der Waals surface area contributed by atoms with Crippen molar-refractivity contribution in [1.82, 2.24) is 10.2 Å². The van der Waals surface area contributed by atoms with E-state index >= 15 is 0 Å². The van der Waals surface area contributed by atoms with Crippen molar-refractivity contribution < 1.29 is 28.5 Å². The summed E-state index contributed by atoms with van der Waals surface area (Å²) in [6, 6.07) is 2.32. The Bertz CT molecular complexity index is 728. The van der Waals surface area contributed by atoms with Gasteiger partial charge in [-0.05, 0) is 19.1 Å². The molecular formula is C17H22N2O6. The molecule has 0 bridgehead atoms. The SMILES string of the molecule is COC(=O)C1=C(C)N(C)C(=O)N[C@H]1c1ccc(OC)c(OC)c1OC. The average molecular weight is 350 g/mol. The summed E-state index contributed by atoms with van der Waals surface area (Å²) in [5.41, 5.74) is 1.37. The molecule has 0 unspecified atom stereocenters. The van der Waals surface area contributed by atoms with Gasteiger partial charge in [0.05, 0.1) is 40.1 Å². The van der Waals surface area contributed by atoms with E-state index in [2.05, 4.69) is 5.32 Å². The minimum absolute atomic E-state index is 0.315. The predicted octanol–water partition coefficient (Wildman–Crippen LogP) is 1.86. The second-order valence-electron chi connectivity index (χ2n) is 5.36. The van der Waals surface area contributed by atoms with Gasteiger partial charge in [0, 0.05) is 18.3 Å². The van der Waals surface area contributed by atoms with Crippen molar-refractivity contribution in [2.45, 2.75) is 13.0 Å². The van der Waals surface area contributed by atoms with Crippen LogP contribution >= 0.6 is 0 Å². The highest BCUT2D eigenvalue weighted by molar-refractivity contribution is 5.95. The number of ether oxygens (including phenoxy) is 4. The van der Waals surface area contributed by atoms with E-state index in [0.717, 1.165) is 0 Å². The van der Waals surface area contributed by atoms with Gasteiger partial charge in [-0.25, -0.2) is 9.59 Å². The Morgan fingerprint density at radius 3 is 2.24 bits per heavy atom. The van der Waals surface area contributed by atoms with E-state index in [4.69, 9.17) is 18.9 Å². The Morgan fingerprint density at radius 1 is 1.08 bits per heavy atom. The smallest absolute Gasteiger partial charge is 0.337 e. The first kappa shape index (κ1) is 18.4. The number of allylic oxidation sites excluding steroid dienone is 1. The third-order valence-electron chi connectivity index (χ3n) is 4.20. The predicted molar refractivity (Wildman–Crippen MR) is 89.8 cm³/mol. The minimum atomic E-state index is -0.745. The average Bonchev–Trinajstić information content (AvgIpc) is 2.63. The van der Waals surface area contributed by atoms with Crippen LogP contribution in [0.25, 0.3) is 0 Å². The van der Waals surface area contributed by atoms with E-state index in [9.17, 15) is 9.59 Å². The lowest BCUT2D eigenvalue weighted by molar-refractivity contribution is -0.136. The van der Waals surface area contributed by atoms with Crippen LogP contribution in [0, 0.1) is 0 Å². The fourth-order valence-corrected chi connectivity index (χ4v) is 2.79. The lowest BCUT2D eigenvalue weighted by Crippen LogP contribution is -2.46. The van der Waals surface area contributed by atoms with Crippen LogP contribution in [-0.4, -0.2) is 52.4 Å². The van der Waals surface area contributed by atoms with E-state index in [-0.39, 0.29) is 6.03 Å². The maximum absolute atomic E-state index is 12.3. The van der Waals surface area contributed by atoms with Crippen molar-refractivity contribution in [2.24, 2.45) is 0 Å². The highest BCUT2D eigenvalue weighted by Gasteiger charge is 2.37. The number of hydrogen-bond acceptors (Lipinski definition) is 6. The Kier molecular flexibility index (Phi) is 5.41. The van der Waals surface area contributed by atoms with Crippen LogP contribution in [0.3, 0.4) is 0 Å². The molecule has 1 aliphatic heterocycles. The molecule has 1 aromatic carbocycles. The molecule has 1 atom stereocenters. The number of amides is 2. The summed E-state index contributed by atoms with van der Waals surface area (Å²) in [6.45, 7) is 1.69. The molecule has 0 aliphatic carbocycles. The molecule has 0 radical (unpaired) electrons. The summed E-state index contributed by atoms with van der Waals surface area (Å²) < 4.78 is 21.0. The van der Waals surface area contributed by atoms with Gasteiger partial charge in [-0.2, -0.15) is 0 Å². The Morgan fingerprint density at radius 2 is 1.72 bits per heavy atom. The lowest BCUT2D eigenvalue weighted by atomic mass is 9.93. The van der Waals surface area contributed by atoms with Crippen molar-refractivity contribution in [3.63, 3.8) is 0 Å². The molecule has 8 nitrogen and oxygen atoms in total. The molecule has 1 aromatic rings. The summed E-state index contributed by atoms with van der Waals surface area (Å²) >= 11 is 0. The molecule has 1 heterocycles. The van der Waals surface area contributed by atoms with Crippen LogP contribution in [0.2, 0.25) is 0 Å². The summed E-state index contributed by atoms with van der Waals surface area (Å²) in [6.07, 6.45) is 0. The van der Waals surface area contributed by atoms with Crippen molar-refractivity contribution in [1.29, 1.82) is 0 Å². The van der Waals surface area contributed by atoms with Gasteiger partial charge in [0.25, 0.3) is 0 Å². The number of nitrogens with one attached hydrogen (secondary N) is 1. The number of methoxy groups -OCH3 is 4. The zero-order valence-corrected chi connectivity index (χ0v) is 15.1. The standard InChI is InChI=1S/C17H22N2O6/c1-9-12(16(20)25-6)13(18-17(21)19(9)2)10-7-8-11(22-3)15(24-5)14(10)23-4/h7-8,13H,1-6H3,(H,18,21)/t13-/m0/s1. The molecule has 136 valence electrons. The van der Waals surface area contributed by atoms with E-state index < -0.39 is 12.0 Å². The van der Waals surface area contributed by atoms with Gasteiger partial charge in [0.2, 0.25) is 5.75 Å². The number of nitrogens with zero attached hydrogens (tertiary/aromatic N) is 1. The first-order valence-corrected chi connectivity index (χ1v) is 7.53. The van der Waals surface area contributed by atoms with Crippen molar-refractivity contribution in [3.05, 3.63) is 29.0 Å². The molecular weight excluding hydrogens is 328 g/mol. The van der Waals surface area contributed by atoms with E-state index in [0.29, 0.717) is 34.1 Å². The normalized spacial score (nSPS) is 17.1. The molecule has 0 fully saturated rings. The molecule has 25 heavy (non-hydrogen) atoms. The van der Waals surface area contributed by atoms with Crippen LogP contribution in [0.1, 0.15) is 18.5 Å². The number of benzene rings is 1. The largest absolute Gasteiger partial charge is 0.493 e. The van der Waals surface area contributed by atoms with Crippen molar-refractivity contribution >= 4 is 12.0 Å². The molecule has 0 aromatic heterocycles. The van der Waals surface area contributed by atoms with Crippen LogP contribution < -0.4 is 19.5 Å². The first-order chi connectivity index (χ1) is 11.9. The molecule has 8 heteroatoms. The monoisotopic (exact) mass is 350 g/mol. The number of carbonyl (C=O) groups is 2. The highest BCUT2D eigenvalue weighted by Crippen LogP contribution is 2.44. The summed E-state index contributed by atoms with van der Waals surface area (Å²) in [7, 11) is 7.35. The number of esters is 1. The van der Waals surface area contributed by atoms with Crippen LogP contribution in [0.4, 0.5) is 4.79 Å². The second kappa shape index (κ2) is 7.33. The van der Waals surface area contributed by atoms with Crippen molar-refractivity contribution in [2.75, 3.05) is 35.5 Å². The molecule has 0 spiro atoms. The maximum Gasteiger partial charge on any atom is 0.337 e. The lowest BCUT2D eigenvalue weighted by Gasteiger charge is -2.33. The van der Waals surface area contributed by atoms with E-state index in [1.807, 2.05) is 0 Å². The number of rotatable bonds is 5. The van der Waals surface area contributed by atoms with Gasteiger partial charge >= 0.3 is 12.0 Å². The first-order valence-electron chi connectivity index (χ1n) is 7.53. The van der Waals surface area contributed by atoms with Gasteiger partial charge in [0.15, 0.2) is 11.5 Å². The molecule has 1 N–H and O–H groups in total. The molecule has 1 aliphatic rings. The van der Waals surface area contributed by atoms with Gasteiger partial charge in [-0.3, -0.25) is 0 Å². The van der Waals surface area contributed by atoms with E-state index in [1.54, 1.807) is 26.1 Å². The molecule has 2 amide bonds.